The summed E-state index contributed by atoms with van der Waals surface area (Å²) in [5.74, 6) is 1.14. The molecule has 1 aromatic heterocycles. The van der Waals surface area contributed by atoms with Crippen molar-refractivity contribution in [1.82, 2.24) is 0 Å². The molecule has 0 aliphatic rings. The maximum atomic E-state index is 11.8. The Kier molecular flexibility index (Phi) is 4.31. The van der Waals surface area contributed by atoms with E-state index in [0.717, 1.165) is 21.0 Å². The molecule has 130 valence electrons. The molecule has 0 amide bonds. The number of hydrogen-bond donors (Lipinski definition) is 1. The fourth-order valence-electron chi connectivity index (χ4n) is 3.19. The molecule has 0 spiro atoms. The number of fused-ring (bicyclic) bond motifs is 1. The SMILES string of the molecule is COc1cc2oc(C(O)(c3ccccc3)c3ccccc3)cc2cc1Br. The molecule has 3 nitrogen and oxygen atoms in total. The van der Waals surface area contributed by atoms with Crippen molar-refractivity contribution in [3.63, 3.8) is 0 Å². The zero-order valence-electron chi connectivity index (χ0n) is 14.1. The van der Waals surface area contributed by atoms with E-state index < -0.39 is 5.60 Å². The van der Waals surface area contributed by atoms with Gasteiger partial charge in [-0.15, -0.1) is 0 Å². The summed E-state index contributed by atoms with van der Waals surface area (Å²) in [6, 6.07) is 24.7. The standard InChI is InChI=1S/C22H17BrO3/c1-25-20-14-19-15(12-18(20)23)13-21(26-19)22(24,16-8-4-2-5-9-16)17-10-6-3-7-11-17/h2-14,24H,1H3. The molecule has 1 heterocycles. The van der Waals surface area contributed by atoms with Gasteiger partial charge in [0.2, 0.25) is 0 Å². The van der Waals surface area contributed by atoms with Gasteiger partial charge in [0.25, 0.3) is 0 Å². The van der Waals surface area contributed by atoms with E-state index in [9.17, 15) is 5.11 Å². The Labute approximate surface area is 160 Å². The van der Waals surface area contributed by atoms with Crippen LogP contribution in [0.15, 0.2) is 87.8 Å². The monoisotopic (exact) mass is 408 g/mol. The van der Waals surface area contributed by atoms with Gasteiger partial charge in [0.15, 0.2) is 5.60 Å². The molecule has 3 aromatic carbocycles. The van der Waals surface area contributed by atoms with Gasteiger partial charge in [-0.25, -0.2) is 0 Å². The normalized spacial score (nSPS) is 11.7. The first-order chi connectivity index (χ1) is 12.6. The molecule has 0 bridgehead atoms. The van der Waals surface area contributed by atoms with Gasteiger partial charge in [-0.05, 0) is 39.2 Å². The molecule has 4 heteroatoms. The highest BCUT2D eigenvalue weighted by Gasteiger charge is 2.37. The minimum atomic E-state index is -1.39. The highest BCUT2D eigenvalue weighted by atomic mass is 79.9. The van der Waals surface area contributed by atoms with E-state index in [4.69, 9.17) is 9.15 Å². The van der Waals surface area contributed by atoms with Gasteiger partial charge in [0.1, 0.15) is 17.1 Å². The summed E-state index contributed by atoms with van der Waals surface area (Å²) in [5.41, 5.74) is 0.763. The van der Waals surface area contributed by atoms with Gasteiger partial charge in [-0.1, -0.05) is 60.7 Å². The lowest BCUT2D eigenvalue weighted by Gasteiger charge is -2.27. The smallest absolute Gasteiger partial charge is 0.173 e. The number of methoxy groups -OCH3 is 1. The van der Waals surface area contributed by atoms with Crippen LogP contribution in [0.1, 0.15) is 16.9 Å². The van der Waals surface area contributed by atoms with E-state index >= 15 is 0 Å². The zero-order chi connectivity index (χ0) is 18.1. The third-order valence-electron chi connectivity index (χ3n) is 4.53. The molecular formula is C22H17BrO3. The van der Waals surface area contributed by atoms with Gasteiger partial charge in [0, 0.05) is 11.5 Å². The third kappa shape index (κ3) is 2.71. The zero-order valence-corrected chi connectivity index (χ0v) is 15.7. The average molecular weight is 409 g/mol. The highest BCUT2D eigenvalue weighted by molar-refractivity contribution is 9.10. The van der Waals surface area contributed by atoms with Crippen LogP contribution in [0.5, 0.6) is 5.75 Å². The van der Waals surface area contributed by atoms with Crippen LogP contribution in [0, 0.1) is 0 Å². The molecule has 26 heavy (non-hydrogen) atoms. The van der Waals surface area contributed by atoms with Crippen molar-refractivity contribution >= 4 is 26.9 Å². The molecule has 4 aromatic rings. The van der Waals surface area contributed by atoms with E-state index in [0.29, 0.717) is 17.1 Å². The lowest BCUT2D eigenvalue weighted by molar-refractivity contribution is 0.101. The first-order valence-electron chi connectivity index (χ1n) is 8.24. The van der Waals surface area contributed by atoms with Crippen LogP contribution in [-0.4, -0.2) is 12.2 Å². The summed E-state index contributed by atoms with van der Waals surface area (Å²) < 4.78 is 12.3. The summed E-state index contributed by atoms with van der Waals surface area (Å²) in [5, 5.41) is 12.7. The van der Waals surface area contributed by atoms with E-state index in [1.54, 1.807) is 7.11 Å². The Bertz CT molecular complexity index is 1000. The molecule has 0 saturated carbocycles. The maximum absolute atomic E-state index is 11.8. The van der Waals surface area contributed by atoms with E-state index in [1.165, 1.54) is 0 Å². The second-order valence-corrected chi connectivity index (χ2v) is 6.93. The first kappa shape index (κ1) is 16.9. The molecule has 4 rings (SSSR count). The lowest BCUT2D eigenvalue weighted by atomic mass is 9.84. The molecule has 1 N–H and O–H groups in total. The van der Waals surface area contributed by atoms with Crippen LogP contribution in [0.25, 0.3) is 11.0 Å². The number of rotatable bonds is 4. The predicted octanol–water partition coefficient (Wildman–Crippen LogP) is 5.49. The summed E-state index contributed by atoms with van der Waals surface area (Å²) in [4.78, 5) is 0. The van der Waals surface area contributed by atoms with Gasteiger partial charge < -0.3 is 14.3 Å². The number of benzene rings is 3. The van der Waals surface area contributed by atoms with Crippen molar-refractivity contribution in [1.29, 1.82) is 0 Å². The molecule has 0 saturated heterocycles. The van der Waals surface area contributed by atoms with E-state index in [-0.39, 0.29) is 0 Å². The van der Waals surface area contributed by atoms with Gasteiger partial charge in [-0.2, -0.15) is 0 Å². The van der Waals surface area contributed by atoms with Gasteiger partial charge in [-0.3, -0.25) is 0 Å². The van der Waals surface area contributed by atoms with Crippen molar-refractivity contribution in [2.24, 2.45) is 0 Å². The molecule has 0 aliphatic carbocycles. The van der Waals surface area contributed by atoms with Crippen LogP contribution in [0.3, 0.4) is 0 Å². The number of halogens is 1. The topological polar surface area (TPSA) is 42.6 Å². The predicted molar refractivity (Wildman–Crippen MR) is 105 cm³/mol. The lowest BCUT2D eigenvalue weighted by Crippen LogP contribution is -2.28. The Hall–Kier alpha value is -2.56. The number of ether oxygens (including phenoxy) is 1. The summed E-state index contributed by atoms with van der Waals surface area (Å²) in [6.07, 6.45) is 0. The second-order valence-electron chi connectivity index (χ2n) is 6.08. The molecular weight excluding hydrogens is 392 g/mol. The Morgan fingerprint density at radius 3 is 2.00 bits per heavy atom. The van der Waals surface area contributed by atoms with Gasteiger partial charge in [0.05, 0.1) is 11.6 Å². The molecule has 0 fully saturated rings. The van der Waals surface area contributed by atoms with Crippen molar-refractivity contribution in [3.8, 4) is 5.75 Å². The first-order valence-corrected chi connectivity index (χ1v) is 9.03. The summed E-state index contributed by atoms with van der Waals surface area (Å²) in [7, 11) is 1.61. The molecule has 0 radical (unpaired) electrons. The second kappa shape index (κ2) is 6.63. The van der Waals surface area contributed by atoms with Crippen LogP contribution >= 0.6 is 15.9 Å². The van der Waals surface area contributed by atoms with Crippen LogP contribution in [0.4, 0.5) is 0 Å². The van der Waals surface area contributed by atoms with Crippen molar-refractivity contribution in [2.45, 2.75) is 5.60 Å². The molecule has 0 unspecified atom stereocenters. The molecule has 0 aliphatic heterocycles. The van der Waals surface area contributed by atoms with Gasteiger partial charge >= 0.3 is 0 Å². The Morgan fingerprint density at radius 1 is 0.885 bits per heavy atom. The van der Waals surface area contributed by atoms with Crippen molar-refractivity contribution in [2.75, 3.05) is 7.11 Å². The van der Waals surface area contributed by atoms with Crippen LogP contribution in [0.2, 0.25) is 0 Å². The van der Waals surface area contributed by atoms with E-state index in [2.05, 4.69) is 15.9 Å². The average Bonchev–Trinajstić information content (AvgIpc) is 3.11. The fraction of sp³-hybridized carbons (Fsp3) is 0.0909. The Balaban J connectivity index is 1.97. The van der Waals surface area contributed by atoms with Crippen molar-refractivity contribution < 1.29 is 14.3 Å². The highest BCUT2D eigenvalue weighted by Crippen LogP contribution is 2.41. The minimum Gasteiger partial charge on any atom is -0.495 e. The number of furan rings is 1. The fourth-order valence-corrected chi connectivity index (χ4v) is 3.71. The minimum absolute atomic E-state index is 0.463. The Morgan fingerprint density at radius 2 is 1.46 bits per heavy atom. The van der Waals surface area contributed by atoms with Crippen LogP contribution in [-0.2, 0) is 5.60 Å². The summed E-state index contributed by atoms with van der Waals surface area (Å²) >= 11 is 3.50. The molecule has 0 atom stereocenters. The summed E-state index contributed by atoms with van der Waals surface area (Å²) in [6.45, 7) is 0. The maximum Gasteiger partial charge on any atom is 0.173 e. The van der Waals surface area contributed by atoms with E-state index in [1.807, 2.05) is 78.9 Å². The van der Waals surface area contributed by atoms with Crippen LogP contribution < -0.4 is 4.74 Å². The quantitative estimate of drug-likeness (QED) is 0.485. The largest absolute Gasteiger partial charge is 0.495 e. The number of hydrogen-bond acceptors (Lipinski definition) is 3. The third-order valence-corrected chi connectivity index (χ3v) is 5.15. The van der Waals surface area contributed by atoms with Crippen molar-refractivity contribution in [3.05, 3.63) is 100 Å². The number of aliphatic hydroxyl groups is 1.